The van der Waals surface area contributed by atoms with Crippen molar-refractivity contribution >= 4 is 10.9 Å². The first kappa shape index (κ1) is 11.9. The van der Waals surface area contributed by atoms with Crippen LogP contribution in [0, 0.1) is 5.92 Å². The molecule has 17 heavy (non-hydrogen) atoms. The summed E-state index contributed by atoms with van der Waals surface area (Å²) in [5.41, 5.74) is 7.89. The van der Waals surface area contributed by atoms with Crippen molar-refractivity contribution in [3.63, 3.8) is 0 Å². The molecule has 0 fully saturated rings. The molecule has 0 aliphatic rings. The van der Waals surface area contributed by atoms with Crippen LogP contribution in [-0.4, -0.2) is 10.1 Å². The quantitative estimate of drug-likeness (QED) is 0.852. The molecule has 0 amide bonds. The molecule has 90 valence electrons. The fraction of sp³-hybridized carbons (Fsp3) is 0.357. The summed E-state index contributed by atoms with van der Waals surface area (Å²) in [5.74, 6) is 0.756. The first-order valence-electron chi connectivity index (χ1n) is 5.91. The normalized spacial score (nSPS) is 13.2. The Morgan fingerprint density at radius 2 is 2.06 bits per heavy atom. The molecule has 2 rings (SSSR count). The van der Waals surface area contributed by atoms with Crippen LogP contribution in [0.2, 0.25) is 0 Å². The third-order valence-corrected chi connectivity index (χ3v) is 2.91. The average Bonchev–Trinajstić information content (AvgIpc) is 2.29. The minimum absolute atomic E-state index is 0.0118. The Labute approximate surface area is 101 Å². The first-order chi connectivity index (χ1) is 8.09. The van der Waals surface area contributed by atoms with Crippen LogP contribution in [0.1, 0.15) is 31.9 Å². The number of benzene rings is 1. The van der Waals surface area contributed by atoms with Crippen molar-refractivity contribution in [2.45, 2.75) is 26.3 Å². The molecule has 0 radical (unpaired) electrons. The maximum atomic E-state index is 9.76. The monoisotopic (exact) mass is 230 g/mol. The maximum Gasteiger partial charge on any atom is 0.141 e. The molecule has 1 unspecified atom stereocenters. The number of fused-ring (bicyclic) bond motifs is 1. The molecule has 1 aromatic carbocycles. The van der Waals surface area contributed by atoms with E-state index in [4.69, 9.17) is 5.73 Å². The maximum absolute atomic E-state index is 9.76. The number of aromatic hydroxyl groups is 1. The molecule has 0 saturated heterocycles. The van der Waals surface area contributed by atoms with Crippen molar-refractivity contribution in [1.29, 1.82) is 0 Å². The molecule has 2 aromatic rings. The lowest BCUT2D eigenvalue weighted by atomic mass is 9.94. The number of pyridine rings is 1. The van der Waals surface area contributed by atoms with E-state index >= 15 is 0 Å². The van der Waals surface area contributed by atoms with Crippen molar-refractivity contribution < 1.29 is 5.11 Å². The van der Waals surface area contributed by atoms with E-state index in [0.717, 1.165) is 17.4 Å². The Kier molecular flexibility index (Phi) is 3.29. The van der Waals surface area contributed by atoms with Crippen LogP contribution in [0.5, 0.6) is 5.75 Å². The Bertz CT molecular complexity index is 523. The van der Waals surface area contributed by atoms with Crippen molar-refractivity contribution in [2.24, 2.45) is 11.7 Å². The molecule has 1 heterocycles. The molecule has 3 N–H and O–H groups in total. The molecule has 0 spiro atoms. The molecule has 0 aliphatic heterocycles. The molecule has 0 aliphatic carbocycles. The van der Waals surface area contributed by atoms with Gasteiger partial charge in [-0.15, -0.1) is 0 Å². The van der Waals surface area contributed by atoms with E-state index < -0.39 is 0 Å². The van der Waals surface area contributed by atoms with Gasteiger partial charge in [-0.05, 0) is 30.0 Å². The highest BCUT2D eigenvalue weighted by Crippen LogP contribution is 2.30. The van der Waals surface area contributed by atoms with Crippen LogP contribution in [0.25, 0.3) is 10.9 Å². The molecular weight excluding hydrogens is 212 g/mol. The van der Waals surface area contributed by atoms with Crippen LogP contribution in [0.15, 0.2) is 30.5 Å². The highest BCUT2D eigenvalue weighted by Gasteiger charge is 2.13. The highest BCUT2D eigenvalue weighted by atomic mass is 16.3. The van der Waals surface area contributed by atoms with Gasteiger partial charge >= 0.3 is 0 Å². The summed E-state index contributed by atoms with van der Waals surface area (Å²) in [6, 6.07) is 7.38. The van der Waals surface area contributed by atoms with Gasteiger partial charge in [-0.2, -0.15) is 0 Å². The van der Waals surface area contributed by atoms with Crippen LogP contribution >= 0.6 is 0 Å². The second-order valence-electron chi connectivity index (χ2n) is 4.81. The number of nitrogens with two attached hydrogens (primary N) is 1. The van der Waals surface area contributed by atoms with E-state index in [1.54, 1.807) is 12.3 Å². The molecule has 3 nitrogen and oxygen atoms in total. The fourth-order valence-electron chi connectivity index (χ4n) is 2.14. The van der Waals surface area contributed by atoms with Gasteiger partial charge in [0.1, 0.15) is 11.3 Å². The molecule has 1 aromatic heterocycles. The lowest BCUT2D eigenvalue weighted by Gasteiger charge is -2.16. The van der Waals surface area contributed by atoms with E-state index in [1.807, 2.05) is 18.2 Å². The average molecular weight is 230 g/mol. The highest BCUT2D eigenvalue weighted by molar-refractivity contribution is 5.87. The lowest BCUT2D eigenvalue weighted by Crippen LogP contribution is -2.13. The predicted octanol–water partition coefficient (Wildman–Crippen LogP) is 2.99. The minimum atomic E-state index is -0.0118. The van der Waals surface area contributed by atoms with Crippen molar-refractivity contribution in [2.75, 3.05) is 0 Å². The van der Waals surface area contributed by atoms with Crippen molar-refractivity contribution in [1.82, 2.24) is 4.98 Å². The Morgan fingerprint density at radius 1 is 1.29 bits per heavy atom. The Morgan fingerprint density at radius 3 is 2.76 bits per heavy atom. The zero-order valence-corrected chi connectivity index (χ0v) is 10.2. The van der Waals surface area contributed by atoms with Gasteiger partial charge in [0.05, 0.1) is 0 Å². The zero-order valence-electron chi connectivity index (χ0n) is 10.2. The smallest absolute Gasteiger partial charge is 0.141 e. The summed E-state index contributed by atoms with van der Waals surface area (Å²) in [6.45, 7) is 4.31. The van der Waals surface area contributed by atoms with E-state index in [-0.39, 0.29) is 11.8 Å². The second-order valence-corrected chi connectivity index (χ2v) is 4.81. The van der Waals surface area contributed by atoms with E-state index in [1.165, 1.54) is 0 Å². The molecule has 0 bridgehead atoms. The lowest BCUT2D eigenvalue weighted by molar-refractivity contribution is 0.479. The SMILES string of the molecule is CC(C)CC(N)c1ccc(O)c2ncccc12. The fourth-order valence-corrected chi connectivity index (χ4v) is 2.14. The topological polar surface area (TPSA) is 59.1 Å². The van der Waals surface area contributed by atoms with Crippen LogP contribution < -0.4 is 5.73 Å². The largest absolute Gasteiger partial charge is 0.506 e. The van der Waals surface area contributed by atoms with Gasteiger partial charge in [-0.3, -0.25) is 4.98 Å². The molecule has 0 saturated carbocycles. The van der Waals surface area contributed by atoms with Gasteiger partial charge in [-0.25, -0.2) is 0 Å². The number of nitrogens with zero attached hydrogens (tertiary/aromatic N) is 1. The minimum Gasteiger partial charge on any atom is -0.506 e. The Balaban J connectivity index is 2.51. The van der Waals surface area contributed by atoms with Gasteiger partial charge in [0, 0.05) is 17.6 Å². The van der Waals surface area contributed by atoms with Crippen LogP contribution in [-0.2, 0) is 0 Å². The summed E-state index contributed by atoms with van der Waals surface area (Å²) in [6.07, 6.45) is 2.61. The molecular formula is C14H18N2O. The summed E-state index contributed by atoms with van der Waals surface area (Å²) in [7, 11) is 0. The number of hydrogen-bond donors (Lipinski definition) is 2. The van der Waals surface area contributed by atoms with E-state index in [9.17, 15) is 5.11 Å². The van der Waals surface area contributed by atoms with Crippen LogP contribution in [0.4, 0.5) is 0 Å². The number of rotatable bonds is 3. The second kappa shape index (κ2) is 4.72. The number of hydrogen-bond acceptors (Lipinski definition) is 3. The first-order valence-corrected chi connectivity index (χ1v) is 5.91. The Hall–Kier alpha value is -1.61. The van der Waals surface area contributed by atoms with Gasteiger partial charge in [0.15, 0.2) is 0 Å². The van der Waals surface area contributed by atoms with E-state index in [2.05, 4.69) is 18.8 Å². The third-order valence-electron chi connectivity index (χ3n) is 2.91. The standard InChI is InChI=1S/C14H18N2O/c1-9(2)8-12(15)10-5-6-13(17)14-11(10)4-3-7-16-14/h3-7,9,12,17H,8,15H2,1-2H3. The van der Waals surface area contributed by atoms with Gasteiger partial charge in [0.25, 0.3) is 0 Å². The zero-order chi connectivity index (χ0) is 12.4. The number of phenols is 1. The third kappa shape index (κ3) is 2.39. The summed E-state index contributed by atoms with van der Waals surface area (Å²) in [4.78, 5) is 4.20. The van der Waals surface area contributed by atoms with Crippen LogP contribution in [0.3, 0.4) is 0 Å². The number of phenolic OH excluding ortho intramolecular Hbond substituents is 1. The van der Waals surface area contributed by atoms with Gasteiger partial charge < -0.3 is 10.8 Å². The summed E-state index contributed by atoms with van der Waals surface area (Å²) < 4.78 is 0. The summed E-state index contributed by atoms with van der Waals surface area (Å²) in [5, 5.41) is 10.7. The predicted molar refractivity (Wildman–Crippen MR) is 69.8 cm³/mol. The van der Waals surface area contributed by atoms with Crippen molar-refractivity contribution in [3.05, 3.63) is 36.0 Å². The number of aromatic nitrogens is 1. The van der Waals surface area contributed by atoms with Crippen molar-refractivity contribution in [3.8, 4) is 5.75 Å². The van der Waals surface area contributed by atoms with Gasteiger partial charge in [0.2, 0.25) is 0 Å². The summed E-state index contributed by atoms with van der Waals surface area (Å²) >= 11 is 0. The molecule has 3 heteroatoms. The van der Waals surface area contributed by atoms with E-state index in [0.29, 0.717) is 11.4 Å². The van der Waals surface area contributed by atoms with Gasteiger partial charge in [-0.1, -0.05) is 26.0 Å². The molecule has 1 atom stereocenters.